The van der Waals surface area contributed by atoms with Crippen molar-refractivity contribution in [1.82, 2.24) is 15.4 Å². The van der Waals surface area contributed by atoms with Crippen LogP contribution in [-0.4, -0.2) is 50.5 Å². The number of aromatic nitrogens is 1. The van der Waals surface area contributed by atoms with E-state index in [4.69, 9.17) is 9.26 Å². The molecule has 5 heteroatoms. The van der Waals surface area contributed by atoms with Crippen LogP contribution in [0.25, 0.3) is 0 Å². The third-order valence-corrected chi connectivity index (χ3v) is 2.26. The lowest BCUT2D eigenvalue weighted by molar-refractivity contribution is 0.197. The summed E-state index contributed by atoms with van der Waals surface area (Å²) in [6, 6.07) is 1.97. The van der Waals surface area contributed by atoms with E-state index in [1.54, 1.807) is 7.11 Å². The standard InChI is InChI=1S/C11H21N3O2/c1-10-8-11(13-16-10)9-14(2)6-4-12-5-7-15-3/h8,12H,4-7,9H2,1-3H3. The van der Waals surface area contributed by atoms with Crippen molar-refractivity contribution in [2.75, 3.05) is 40.4 Å². The summed E-state index contributed by atoms with van der Waals surface area (Å²) < 4.78 is 9.96. The predicted molar refractivity (Wildman–Crippen MR) is 62.3 cm³/mol. The van der Waals surface area contributed by atoms with E-state index in [9.17, 15) is 0 Å². The molecule has 1 heterocycles. The molecule has 0 atom stereocenters. The van der Waals surface area contributed by atoms with Gasteiger partial charge in [-0.25, -0.2) is 0 Å². The van der Waals surface area contributed by atoms with Gasteiger partial charge in [-0.05, 0) is 14.0 Å². The highest BCUT2D eigenvalue weighted by Crippen LogP contribution is 2.03. The lowest BCUT2D eigenvalue weighted by atomic mass is 10.3. The van der Waals surface area contributed by atoms with E-state index in [-0.39, 0.29) is 0 Å². The van der Waals surface area contributed by atoms with Crippen molar-refractivity contribution in [3.63, 3.8) is 0 Å². The maximum absolute atomic E-state index is 5.01. The molecule has 0 aliphatic rings. The molecule has 0 spiro atoms. The second kappa shape index (κ2) is 7.38. The topological polar surface area (TPSA) is 50.5 Å². The number of aryl methyl sites for hydroxylation is 1. The number of nitrogens with one attached hydrogen (secondary N) is 1. The van der Waals surface area contributed by atoms with Gasteiger partial charge in [0.25, 0.3) is 0 Å². The van der Waals surface area contributed by atoms with Crippen LogP contribution in [0.15, 0.2) is 10.6 Å². The Morgan fingerprint density at radius 1 is 1.50 bits per heavy atom. The molecule has 92 valence electrons. The molecule has 0 aliphatic carbocycles. The van der Waals surface area contributed by atoms with E-state index in [1.807, 2.05) is 13.0 Å². The normalized spacial score (nSPS) is 11.2. The Balaban J connectivity index is 2.09. The summed E-state index contributed by atoms with van der Waals surface area (Å²) in [5.74, 6) is 0.863. The van der Waals surface area contributed by atoms with Gasteiger partial charge >= 0.3 is 0 Å². The SMILES string of the molecule is COCCNCCN(C)Cc1cc(C)on1. The minimum atomic E-state index is 0.756. The van der Waals surface area contributed by atoms with Crippen molar-refractivity contribution in [2.45, 2.75) is 13.5 Å². The third-order valence-electron chi connectivity index (χ3n) is 2.26. The van der Waals surface area contributed by atoms with Gasteiger partial charge in [-0.1, -0.05) is 5.16 Å². The van der Waals surface area contributed by atoms with Crippen LogP contribution in [-0.2, 0) is 11.3 Å². The van der Waals surface area contributed by atoms with Crippen LogP contribution in [0.3, 0.4) is 0 Å². The van der Waals surface area contributed by atoms with E-state index in [0.29, 0.717) is 0 Å². The van der Waals surface area contributed by atoms with Gasteiger partial charge in [0, 0.05) is 39.4 Å². The van der Waals surface area contributed by atoms with E-state index in [0.717, 1.165) is 44.2 Å². The Bertz CT molecular complexity index is 289. The molecule has 1 aromatic heterocycles. The van der Waals surface area contributed by atoms with Gasteiger partial charge in [0.05, 0.1) is 12.3 Å². The number of likely N-dealkylation sites (N-methyl/N-ethyl adjacent to an activating group) is 1. The van der Waals surface area contributed by atoms with Crippen molar-refractivity contribution < 1.29 is 9.26 Å². The number of hydrogen-bond donors (Lipinski definition) is 1. The maximum atomic E-state index is 5.01. The fourth-order valence-corrected chi connectivity index (χ4v) is 1.42. The van der Waals surface area contributed by atoms with E-state index in [2.05, 4.69) is 22.4 Å². The average molecular weight is 227 g/mol. The minimum Gasteiger partial charge on any atom is -0.383 e. The molecule has 0 unspecified atom stereocenters. The molecule has 0 aromatic carbocycles. The fourth-order valence-electron chi connectivity index (χ4n) is 1.42. The molecular formula is C11H21N3O2. The molecule has 0 fully saturated rings. The minimum absolute atomic E-state index is 0.756. The van der Waals surface area contributed by atoms with Crippen LogP contribution < -0.4 is 5.32 Å². The summed E-state index contributed by atoms with van der Waals surface area (Å²) in [7, 11) is 3.78. The number of nitrogens with zero attached hydrogens (tertiary/aromatic N) is 2. The first kappa shape index (κ1) is 13.2. The Kier molecular flexibility index (Phi) is 6.07. The zero-order chi connectivity index (χ0) is 11.8. The molecule has 0 radical (unpaired) electrons. The van der Waals surface area contributed by atoms with Crippen LogP contribution in [0.2, 0.25) is 0 Å². The van der Waals surface area contributed by atoms with Crippen molar-refractivity contribution in [3.05, 3.63) is 17.5 Å². The summed E-state index contributed by atoms with van der Waals surface area (Å²) in [5.41, 5.74) is 0.983. The summed E-state index contributed by atoms with van der Waals surface area (Å²) >= 11 is 0. The van der Waals surface area contributed by atoms with Gasteiger partial charge < -0.3 is 14.6 Å². The summed E-state index contributed by atoms with van der Waals surface area (Å²) in [5, 5.41) is 7.25. The molecule has 1 aromatic rings. The highest BCUT2D eigenvalue weighted by molar-refractivity contribution is 5.02. The lowest BCUT2D eigenvalue weighted by Crippen LogP contribution is -2.30. The van der Waals surface area contributed by atoms with Gasteiger partial charge in [-0.3, -0.25) is 4.90 Å². The zero-order valence-corrected chi connectivity index (χ0v) is 10.3. The Labute approximate surface area is 96.7 Å². The van der Waals surface area contributed by atoms with E-state index >= 15 is 0 Å². The molecule has 1 N–H and O–H groups in total. The highest BCUT2D eigenvalue weighted by atomic mass is 16.5. The van der Waals surface area contributed by atoms with Crippen LogP contribution in [0.1, 0.15) is 11.5 Å². The smallest absolute Gasteiger partial charge is 0.133 e. The highest BCUT2D eigenvalue weighted by Gasteiger charge is 2.04. The van der Waals surface area contributed by atoms with Crippen LogP contribution in [0.5, 0.6) is 0 Å². The van der Waals surface area contributed by atoms with Gasteiger partial charge in [0.15, 0.2) is 0 Å². The third kappa shape index (κ3) is 5.25. The Morgan fingerprint density at radius 3 is 2.94 bits per heavy atom. The molecular weight excluding hydrogens is 206 g/mol. The number of ether oxygens (including phenoxy) is 1. The van der Waals surface area contributed by atoms with Crippen molar-refractivity contribution >= 4 is 0 Å². The van der Waals surface area contributed by atoms with Crippen molar-refractivity contribution in [1.29, 1.82) is 0 Å². The Hall–Kier alpha value is -0.910. The molecule has 0 bridgehead atoms. The van der Waals surface area contributed by atoms with Crippen molar-refractivity contribution in [2.24, 2.45) is 0 Å². The summed E-state index contributed by atoms with van der Waals surface area (Å²) in [6.07, 6.45) is 0. The van der Waals surface area contributed by atoms with E-state index < -0.39 is 0 Å². The summed E-state index contributed by atoms with van der Waals surface area (Å²) in [4.78, 5) is 2.21. The fraction of sp³-hybridized carbons (Fsp3) is 0.727. The van der Waals surface area contributed by atoms with Gasteiger partial charge in [0.1, 0.15) is 5.76 Å². The molecule has 0 saturated heterocycles. The largest absolute Gasteiger partial charge is 0.383 e. The van der Waals surface area contributed by atoms with Crippen LogP contribution >= 0.6 is 0 Å². The average Bonchev–Trinajstić information content (AvgIpc) is 2.63. The molecule has 0 saturated carbocycles. The first-order valence-corrected chi connectivity index (χ1v) is 5.52. The molecule has 5 nitrogen and oxygen atoms in total. The first-order valence-electron chi connectivity index (χ1n) is 5.52. The van der Waals surface area contributed by atoms with Crippen molar-refractivity contribution in [3.8, 4) is 0 Å². The second-order valence-corrected chi connectivity index (χ2v) is 3.91. The van der Waals surface area contributed by atoms with Crippen LogP contribution in [0, 0.1) is 6.92 Å². The van der Waals surface area contributed by atoms with Gasteiger partial charge in [0.2, 0.25) is 0 Å². The molecule has 0 amide bonds. The van der Waals surface area contributed by atoms with Crippen LogP contribution in [0.4, 0.5) is 0 Å². The zero-order valence-electron chi connectivity index (χ0n) is 10.3. The van der Waals surface area contributed by atoms with E-state index in [1.165, 1.54) is 0 Å². The monoisotopic (exact) mass is 227 g/mol. The van der Waals surface area contributed by atoms with Gasteiger partial charge in [-0.15, -0.1) is 0 Å². The molecule has 0 aliphatic heterocycles. The van der Waals surface area contributed by atoms with Gasteiger partial charge in [-0.2, -0.15) is 0 Å². The molecule has 1 rings (SSSR count). The predicted octanol–water partition coefficient (Wildman–Crippen LogP) is 0.651. The molecule has 16 heavy (non-hydrogen) atoms. The first-order chi connectivity index (χ1) is 7.72. The second-order valence-electron chi connectivity index (χ2n) is 3.91. The quantitative estimate of drug-likeness (QED) is 0.661. The summed E-state index contributed by atoms with van der Waals surface area (Å²) in [6.45, 7) is 6.32. The Morgan fingerprint density at radius 2 is 2.31 bits per heavy atom. The number of methoxy groups -OCH3 is 1. The number of hydrogen-bond acceptors (Lipinski definition) is 5. The number of rotatable bonds is 8. The lowest BCUT2D eigenvalue weighted by Gasteiger charge is -2.14. The maximum Gasteiger partial charge on any atom is 0.133 e.